The van der Waals surface area contributed by atoms with Crippen molar-refractivity contribution in [2.24, 2.45) is 28.2 Å². The number of carbonyl (C=O) groups excluding carboxylic acids is 1. The summed E-state index contributed by atoms with van der Waals surface area (Å²) >= 11 is 1.31. The maximum atomic E-state index is 12.8. The molecule has 6 heteroatoms. The number of carbonyl (C=O) groups is 1. The Kier molecular flexibility index (Phi) is 3.89. The molecule has 1 aromatic carbocycles. The van der Waals surface area contributed by atoms with Crippen LogP contribution in [0.1, 0.15) is 44.1 Å². The van der Waals surface area contributed by atoms with Gasteiger partial charge in [0.25, 0.3) is 5.56 Å². The van der Waals surface area contributed by atoms with E-state index in [2.05, 4.69) is 10.3 Å². The molecule has 4 saturated carbocycles. The highest BCUT2D eigenvalue weighted by molar-refractivity contribution is 7.07. The molecule has 0 atom stereocenters. The Bertz CT molecular complexity index is 1140. The molecule has 1 amide bonds. The van der Waals surface area contributed by atoms with Crippen LogP contribution < -0.4 is 20.2 Å². The molecule has 0 radical (unpaired) electrons. The summed E-state index contributed by atoms with van der Waals surface area (Å²) in [6, 6.07) is 7.87. The van der Waals surface area contributed by atoms with E-state index in [1.54, 1.807) is 4.57 Å². The molecule has 1 N–H and O–H groups in total. The van der Waals surface area contributed by atoms with Crippen molar-refractivity contribution in [2.45, 2.75) is 45.1 Å². The number of benzene rings is 1. The Labute approximate surface area is 173 Å². The van der Waals surface area contributed by atoms with Crippen molar-refractivity contribution in [3.63, 3.8) is 0 Å². The zero-order valence-corrected chi connectivity index (χ0v) is 17.2. The van der Waals surface area contributed by atoms with Crippen molar-refractivity contribution < 1.29 is 4.79 Å². The Morgan fingerprint density at radius 1 is 1.17 bits per heavy atom. The van der Waals surface area contributed by atoms with Crippen molar-refractivity contribution in [1.29, 1.82) is 0 Å². The summed E-state index contributed by atoms with van der Waals surface area (Å²) in [5, 5.41) is 3.15. The number of para-hydroxylation sites is 1. The third kappa shape index (κ3) is 3.00. The second kappa shape index (κ2) is 6.39. The van der Waals surface area contributed by atoms with Crippen molar-refractivity contribution in [1.82, 2.24) is 9.88 Å². The third-order valence-corrected chi connectivity index (χ3v) is 8.50. The summed E-state index contributed by atoms with van der Waals surface area (Å²) in [6.45, 7) is 1.28. The Morgan fingerprint density at radius 3 is 2.59 bits per heavy atom. The van der Waals surface area contributed by atoms with Gasteiger partial charge in [-0.2, -0.15) is 0 Å². The van der Waals surface area contributed by atoms with Crippen LogP contribution in [0, 0.1) is 23.2 Å². The third-order valence-electron chi connectivity index (χ3n) is 7.49. The van der Waals surface area contributed by atoms with Crippen molar-refractivity contribution >= 4 is 29.0 Å². The fourth-order valence-electron chi connectivity index (χ4n) is 6.71. The molecule has 29 heavy (non-hydrogen) atoms. The maximum absolute atomic E-state index is 12.8. The zero-order valence-electron chi connectivity index (χ0n) is 16.4. The predicted octanol–water partition coefficient (Wildman–Crippen LogP) is 2.34. The summed E-state index contributed by atoms with van der Waals surface area (Å²) in [7, 11) is 0. The van der Waals surface area contributed by atoms with Gasteiger partial charge in [-0.3, -0.25) is 14.2 Å². The van der Waals surface area contributed by atoms with Gasteiger partial charge in [-0.15, -0.1) is 0 Å². The van der Waals surface area contributed by atoms with E-state index in [1.807, 2.05) is 24.3 Å². The highest BCUT2D eigenvalue weighted by Crippen LogP contribution is 2.59. The smallest absolute Gasteiger partial charge is 0.270 e. The molecule has 5 aliphatic rings. The van der Waals surface area contributed by atoms with Gasteiger partial charge >= 0.3 is 0 Å². The summed E-state index contributed by atoms with van der Waals surface area (Å²) in [5.41, 5.74) is 2.14. The second-order valence-corrected chi connectivity index (χ2v) is 10.7. The molecule has 1 aromatic heterocycles. The SMILES string of the molecule is O=C(/C=c1/sc2n(c1=O)Cc1ccccc1N=2)NCC12CC3CC(CC(C3)C1)C2. The van der Waals surface area contributed by atoms with E-state index in [0.29, 0.717) is 21.3 Å². The number of hydrogen-bond acceptors (Lipinski definition) is 4. The van der Waals surface area contributed by atoms with Crippen molar-refractivity contribution in [3.05, 3.63) is 49.5 Å². The molecule has 1 aliphatic heterocycles. The summed E-state index contributed by atoms with van der Waals surface area (Å²) in [6.07, 6.45) is 9.51. The number of fused-ring (bicyclic) bond motifs is 2. The van der Waals surface area contributed by atoms with Gasteiger partial charge in [-0.05, 0) is 73.3 Å². The lowest BCUT2D eigenvalue weighted by atomic mass is 9.49. The van der Waals surface area contributed by atoms with E-state index in [4.69, 9.17) is 0 Å². The number of nitrogens with one attached hydrogen (secondary N) is 1. The van der Waals surface area contributed by atoms with Gasteiger partial charge in [0.15, 0.2) is 4.80 Å². The Hall–Kier alpha value is -2.21. The molecule has 2 heterocycles. The monoisotopic (exact) mass is 407 g/mol. The van der Waals surface area contributed by atoms with E-state index < -0.39 is 0 Å². The molecule has 4 bridgehead atoms. The Morgan fingerprint density at radius 2 is 1.86 bits per heavy atom. The van der Waals surface area contributed by atoms with Crippen LogP contribution in [0.2, 0.25) is 0 Å². The van der Waals surface area contributed by atoms with E-state index in [9.17, 15) is 9.59 Å². The molecule has 2 aromatic rings. The number of thiazole rings is 1. The van der Waals surface area contributed by atoms with Gasteiger partial charge in [0.05, 0.1) is 12.2 Å². The minimum atomic E-state index is -0.144. The number of amides is 1. The predicted molar refractivity (Wildman–Crippen MR) is 113 cm³/mol. The van der Waals surface area contributed by atoms with Crippen LogP contribution in [0.4, 0.5) is 5.69 Å². The molecule has 7 rings (SSSR count). The zero-order chi connectivity index (χ0) is 19.6. The molecular formula is C23H25N3O2S. The van der Waals surface area contributed by atoms with Crippen LogP contribution in [0.3, 0.4) is 0 Å². The molecular weight excluding hydrogens is 382 g/mol. The first kappa shape index (κ1) is 17.6. The van der Waals surface area contributed by atoms with E-state index >= 15 is 0 Å². The topological polar surface area (TPSA) is 63.5 Å². The average Bonchev–Trinajstić information content (AvgIpc) is 2.98. The summed E-state index contributed by atoms with van der Waals surface area (Å²) in [5.74, 6) is 2.48. The molecule has 0 spiro atoms. The van der Waals surface area contributed by atoms with E-state index in [1.165, 1.54) is 55.9 Å². The summed E-state index contributed by atoms with van der Waals surface area (Å²) in [4.78, 5) is 30.7. The van der Waals surface area contributed by atoms with Gasteiger partial charge < -0.3 is 5.32 Å². The van der Waals surface area contributed by atoms with Crippen LogP contribution in [0.5, 0.6) is 0 Å². The van der Waals surface area contributed by atoms with Gasteiger partial charge in [0, 0.05) is 12.6 Å². The lowest BCUT2D eigenvalue weighted by Crippen LogP contribution is -2.51. The lowest BCUT2D eigenvalue weighted by Gasteiger charge is -2.56. The first-order chi connectivity index (χ1) is 14.1. The first-order valence-corrected chi connectivity index (χ1v) is 11.5. The number of aromatic nitrogens is 1. The van der Waals surface area contributed by atoms with Gasteiger partial charge in [-0.1, -0.05) is 29.5 Å². The van der Waals surface area contributed by atoms with Crippen LogP contribution in [0.25, 0.3) is 6.08 Å². The first-order valence-electron chi connectivity index (χ1n) is 10.7. The summed E-state index contributed by atoms with van der Waals surface area (Å²) < 4.78 is 2.14. The number of hydrogen-bond donors (Lipinski definition) is 1. The minimum Gasteiger partial charge on any atom is -0.352 e. The molecule has 4 fully saturated rings. The Balaban J connectivity index is 1.23. The molecule has 150 valence electrons. The van der Waals surface area contributed by atoms with Crippen LogP contribution in [-0.2, 0) is 11.3 Å². The minimum absolute atomic E-state index is 0.117. The highest BCUT2D eigenvalue weighted by atomic mass is 32.1. The van der Waals surface area contributed by atoms with Gasteiger partial charge in [0.1, 0.15) is 4.53 Å². The fourth-order valence-corrected chi connectivity index (χ4v) is 7.67. The second-order valence-electron chi connectivity index (χ2n) is 9.66. The molecule has 4 aliphatic carbocycles. The molecule has 5 nitrogen and oxygen atoms in total. The van der Waals surface area contributed by atoms with Crippen molar-refractivity contribution in [2.75, 3.05) is 6.54 Å². The van der Waals surface area contributed by atoms with E-state index in [0.717, 1.165) is 35.5 Å². The quantitative estimate of drug-likeness (QED) is 0.724. The lowest BCUT2D eigenvalue weighted by molar-refractivity contribution is -0.117. The van der Waals surface area contributed by atoms with Crippen LogP contribution in [0.15, 0.2) is 34.1 Å². The largest absolute Gasteiger partial charge is 0.352 e. The van der Waals surface area contributed by atoms with Gasteiger partial charge in [0.2, 0.25) is 5.91 Å². The molecule has 0 unspecified atom stereocenters. The number of nitrogens with zero attached hydrogens (tertiary/aromatic N) is 2. The van der Waals surface area contributed by atoms with Crippen molar-refractivity contribution in [3.8, 4) is 0 Å². The fraction of sp³-hybridized carbons (Fsp3) is 0.522. The van der Waals surface area contributed by atoms with Crippen LogP contribution in [-0.4, -0.2) is 17.0 Å². The standard InChI is InChI=1S/C23H25N3O2S/c27-20(24-13-23-9-14-5-15(10-23)7-16(6-14)11-23)8-19-21(28)26-12-17-3-1-2-4-18(17)25-22(26)29-19/h1-4,8,14-16H,5-7,9-13H2,(H,24,27)/b19-8+. The van der Waals surface area contributed by atoms with E-state index in [-0.39, 0.29) is 11.5 Å². The number of rotatable bonds is 3. The highest BCUT2D eigenvalue weighted by Gasteiger charge is 2.50. The van der Waals surface area contributed by atoms with Crippen LogP contribution >= 0.6 is 11.3 Å². The molecule has 0 saturated heterocycles. The average molecular weight is 408 g/mol. The normalized spacial score (nSPS) is 31.9. The van der Waals surface area contributed by atoms with Gasteiger partial charge in [-0.25, -0.2) is 4.99 Å². The maximum Gasteiger partial charge on any atom is 0.270 e.